The molecule has 3 aromatic carbocycles. The minimum atomic E-state index is -0.457. The molecular weight excluding hydrogens is 404 g/mol. The first-order valence-corrected chi connectivity index (χ1v) is 11.1. The number of benzene rings is 3. The fraction of sp³-hybridized carbons (Fsp3) is 0.333. The summed E-state index contributed by atoms with van der Waals surface area (Å²) in [5, 5.41) is 0. The van der Waals surface area contributed by atoms with Crippen molar-refractivity contribution >= 4 is 0 Å². The molecule has 2 heterocycles. The molecule has 0 aromatic heterocycles. The SMILES string of the molecule is c1ccc(CO[C@@H]2[C@@H](OCc3ccccc3)[C@@H]3OC[C@H](O3)[C@H]2OCc2ccccc2)cc1. The van der Waals surface area contributed by atoms with E-state index in [0.29, 0.717) is 26.4 Å². The van der Waals surface area contributed by atoms with Gasteiger partial charge in [0.2, 0.25) is 0 Å². The summed E-state index contributed by atoms with van der Waals surface area (Å²) in [4.78, 5) is 0. The zero-order valence-electron chi connectivity index (χ0n) is 17.9. The summed E-state index contributed by atoms with van der Waals surface area (Å²) in [5.74, 6) is 0. The van der Waals surface area contributed by atoms with Gasteiger partial charge in [-0.25, -0.2) is 0 Å². The van der Waals surface area contributed by atoms with Crippen molar-refractivity contribution in [3.63, 3.8) is 0 Å². The maximum atomic E-state index is 6.44. The number of rotatable bonds is 9. The predicted molar refractivity (Wildman–Crippen MR) is 120 cm³/mol. The lowest BCUT2D eigenvalue weighted by molar-refractivity contribution is -0.268. The molecule has 2 saturated heterocycles. The van der Waals surface area contributed by atoms with E-state index in [4.69, 9.17) is 23.7 Å². The van der Waals surface area contributed by atoms with Crippen LogP contribution in [0.1, 0.15) is 16.7 Å². The monoisotopic (exact) mass is 432 g/mol. The number of fused-ring (bicyclic) bond motifs is 2. The second kappa shape index (κ2) is 10.4. The normalized spacial score (nSPS) is 26.8. The molecule has 166 valence electrons. The van der Waals surface area contributed by atoms with Crippen LogP contribution in [0.3, 0.4) is 0 Å². The van der Waals surface area contributed by atoms with Gasteiger partial charge in [-0.3, -0.25) is 0 Å². The van der Waals surface area contributed by atoms with Gasteiger partial charge in [-0.05, 0) is 16.7 Å². The molecule has 2 aliphatic heterocycles. The second-order valence-electron chi connectivity index (χ2n) is 8.16. The lowest BCUT2D eigenvalue weighted by atomic mass is 10.00. The van der Waals surface area contributed by atoms with Crippen LogP contribution in [0.25, 0.3) is 0 Å². The Morgan fingerprint density at radius 2 is 1.00 bits per heavy atom. The molecule has 0 spiro atoms. The minimum Gasteiger partial charge on any atom is -0.368 e. The quantitative estimate of drug-likeness (QED) is 0.498. The summed E-state index contributed by atoms with van der Waals surface area (Å²) >= 11 is 0. The third-order valence-electron chi connectivity index (χ3n) is 5.87. The van der Waals surface area contributed by atoms with Gasteiger partial charge in [-0.15, -0.1) is 0 Å². The van der Waals surface area contributed by atoms with E-state index in [0.717, 1.165) is 16.7 Å². The van der Waals surface area contributed by atoms with E-state index in [1.165, 1.54) is 0 Å². The van der Waals surface area contributed by atoms with E-state index >= 15 is 0 Å². The Hall–Kier alpha value is -2.54. The molecule has 5 heteroatoms. The van der Waals surface area contributed by atoms with E-state index < -0.39 is 12.4 Å². The highest BCUT2D eigenvalue weighted by atomic mass is 16.8. The third-order valence-corrected chi connectivity index (χ3v) is 5.87. The molecule has 2 aliphatic rings. The van der Waals surface area contributed by atoms with Gasteiger partial charge in [0.15, 0.2) is 6.29 Å². The molecule has 5 rings (SSSR count). The van der Waals surface area contributed by atoms with Gasteiger partial charge in [0.25, 0.3) is 0 Å². The highest BCUT2D eigenvalue weighted by molar-refractivity contribution is 5.15. The topological polar surface area (TPSA) is 46.2 Å². The van der Waals surface area contributed by atoms with Gasteiger partial charge >= 0.3 is 0 Å². The van der Waals surface area contributed by atoms with Crippen LogP contribution >= 0.6 is 0 Å². The van der Waals surface area contributed by atoms with E-state index in [1.54, 1.807) is 0 Å². The average molecular weight is 433 g/mol. The molecule has 0 amide bonds. The van der Waals surface area contributed by atoms with Crippen molar-refractivity contribution in [3.8, 4) is 0 Å². The maximum absolute atomic E-state index is 6.44. The van der Waals surface area contributed by atoms with Crippen molar-refractivity contribution < 1.29 is 23.7 Å². The summed E-state index contributed by atoms with van der Waals surface area (Å²) in [6.07, 6.45) is -1.63. The first-order chi connectivity index (χ1) is 15.9. The lowest BCUT2D eigenvalue weighted by Gasteiger charge is -2.40. The second-order valence-corrected chi connectivity index (χ2v) is 8.16. The third kappa shape index (κ3) is 5.09. The van der Waals surface area contributed by atoms with Gasteiger partial charge in [-0.1, -0.05) is 91.0 Å². The molecule has 0 radical (unpaired) electrons. The summed E-state index contributed by atoms with van der Waals surface area (Å²) in [5.41, 5.74) is 3.31. The van der Waals surface area contributed by atoms with Crippen LogP contribution in [0.4, 0.5) is 0 Å². The Balaban J connectivity index is 1.33. The van der Waals surface area contributed by atoms with Crippen LogP contribution in [-0.4, -0.2) is 37.3 Å². The fourth-order valence-corrected chi connectivity index (χ4v) is 4.20. The van der Waals surface area contributed by atoms with Crippen molar-refractivity contribution in [3.05, 3.63) is 108 Å². The summed E-state index contributed by atoms with van der Waals surface area (Å²) in [6, 6.07) is 30.4. The van der Waals surface area contributed by atoms with Crippen molar-refractivity contribution in [2.45, 2.75) is 50.5 Å². The first kappa shape index (κ1) is 21.3. The minimum absolute atomic E-state index is 0.180. The highest BCUT2D eigenvalue weighted by Gasteiger charge is 2.52. The summed E-state index contributed by atoms with van der Waals surface area (Å²) < 4.78 is 31.2. The van der Waals surface area contributed by atoms with Gasteiger partial charge in [0.1, 0.15) is 24.4 Å². The standard InChI is InChI=1S/C27H28O5/c1-4-10-20(11-5-1)16-28-24-23-19-31-27(32-23)26(30-18-22-14-8-3-9-15-22)25(24)29-17-21-12-6-2-7-13-21/h1-15,23-27H,16-19H2/t23-,24+,25-,26+,27+/m0/s1. The Kier molecular flexibility index (Phi) is 6.92. The molecule has 5 nitrogen and oxygen atoms in total. The molecule has 0 aliphatic carbocycles. The zero-order chi connectivity index (χ0) is 21.6. The molecule has 3 aromatic rings. The average Bonchev–Trinajstić information content (AvgIpc) is 3.29. The number of hydrogen-bond acceptors (Lipinski definition) is 5. The fourth-order valence-electron chi connectivity index (χ4n) is 4.20. The van der Waals surface area contributed by atoms with Crippen LogP contribution in [0.15, 0.2) is 91.0 Å². The van der Waals surface area contributed by atoms with E-state index in [9.17, 15) is 0 Å². The van der Waals surface area contributed by atoms with Crippen molar-refractivity contribution in [1.29, 1.82) is 0 Å². The number of ether oxygens (including phenoxy) is 5. The maximum Gasteiger partial charge on any atom is 0.187 e. The molecule has 5 atom stereocenters. The summed E-state index contributed by atoms with van der Waals surface area (Å²) in [7, 11) is 0. The Labute approximate surface area is 188 Å². The van der Waals surface area contributed by atoms with Crippen molar-refractivity contribution in [2.75, 3.05) is 6.61 Å². The van der Waals surface area contributed by atoms with Crippen molar-refractivity contribution in [1.82, 2.24) is 0 Å². The van der Waals surface area contributed by atoms with E-state index in [2.05, 4.69) is 24.3 Å². The van der Waals surface area contributed by atoms with Gasteiger partial charge < -0.3 is 23.7 Å². The van der Waals surface area contributed by atoms with Crippen LogP contribution in [0.2, 0.25) is 0 Å². The molecule has 32 heavy (non-hydrogen) atoms. The van der Waals surface area contributed by atoms with Crippen LogP contribution in [0.5, 0.6) is 0 Å². The lowest BCUT2D eigenvalue weighted by Crippen LogP contribution is -2.56. The zero-order valence-corrected chi connectivity index (χ0v) is 17.9. The van der Waals surface area contributed by atoms with E-state index in [1.807, 2.05) is 66.7 Å². The van der Waals surface area contributed by atoms with Crippen LogP contribution in [-0.2, 0) is 43.5 Å². The smallest absolute Gasteiger partial charge is 0.187 e. The van der Waals surface area contributed by atoms with Gasteiger partial charge in [0.05, 0.1) is 26.4 Å². The molecule has 2 bridgehead atoms. The molecule has 0 N–H and O–H groups in total. The van der Waals surface area contributed by atoms with Crippen LogP contribution < -0.4 is 0 Å². The first-order valence-electron chi connectivity index (χ1n) is 11.1. The molecular formula is C27H28O5. The van der Waals surface area contributed by atoms with Crippen molar-refractivity contribution in [2.24, 2.45) is 0 Å². The van der Waals surface area contributed by atoms with Crippen LogP contribution in [0, 0.1) is 0 Å². The van der Waals surface area contributed by atoms with E-state index in [-0.39, 0.29) is 18.3 Å². The predicted octanol–water partition coefficient (Wildman–Crippen LogP) is 4.50. The molecule has 0 unspecified atom stereocenters. The Morgan fingerprint density at radius 3 is 1.50 bits per heavy atom. The summed E-state index contributed by atoms with van der Waals surface area (Å²) in [6.45, 7) is 1.88. The highest BCUT2D eigenvalue weighted by Crippen LogP contribution is 2.35. The Bertz CT molecular complexity index is 892. The molecule has 2 fully saturated rings. The largest absolute Gasteiger partial charge is 0.368 e. The van der Waals surface area contributed by atoms with Gasteiger partial charge in [0, 0.05) is 0 Å². The number of hydrogen-bond donors (Lipinski definition) is 0. The van der Waals surface area contributed by atoms with Gasteiger partial charge in [-0.2, -0.15) is 0 Å². The Morgan fingerprint density at radius 1 is 0.562 bits per heavy atom. The molecule has 0 saturated carbocycles.